The first-order valence-electron chi connectivity index (χ1n) is 3.47. The third-order valence-electron chi connectivity index (χ3n) is 0.245. The molecule has 62 valence electrons. The normalized spacial score (nSPS) is 5.20. The zero-order chi connectivity index (χ0) is 8.83. The van der Waals surface area contributed by atoms with Crippen molar-refractivity contribution in [3.8, 4) is 0 Å². The Kier molecular flexibility index (Phi) is 67.6. The average Bonchev–Trinajstić information content (AvgIpc) is 2.08. The Balaban J connectivity index is -0.000000105. The quantitative estimate of drug-likeness (QED) is 0.266. The molecule has 0 aliphatic carbocycles. The van der Waals surface area contributed by atoms with Crippen LogP contribution in [0.25, 0.3) is 0 Å². The van der Waals surface area contributed by atoms with E-state index >= 15 is 0 Å². The first kappa shape index (κ1) is 16.1. The van der Waals surface area contributed by atoms with Gasteiger partial charge in [-0.25, -0.2) is 0 Å². The third kappa shape index (κ3) is 58.8. The molecule has 0 aromatic heterocycles. The van der Waals surface area contributed by atoms with Crippen molar-refractivity contribution in [2.45, 2.75) is 27.7 Å². The van der Waals surface area contributed by atoms with Crippen LogP contribution in [0.2, 0.25) is 0 Å². The smallest absolute Gasteiger partial charge is 0.155 e. The molecule has 0 spiro atoms. The summed E-state index contributed by atoms with van der Waals surface area (Å²) in [5.41, 5.74) is 0. The fourth-order valence-electron chi connectivity index (χ4n) is 0.0831. The minimum absolute atomic E-state index is 0.198. The molecule has 0 radical (unpaired) electrons. The summed E-state index contributed by atoms with van der Waals surface area (Å²) < 4.78 is 0. The molecule has 3 nitrogen and oxygen atoms in total. The Hall–Kier alpha value is -0.860. The molecule has 0 aromatic rings. The van der Waals surface area contributed by atoms with Gasteiger partial charge in [-0.3, -0.25) is 0 Å². The van der Waals surface area contributed by atoms with Crippen LogP contribution in [0.4, 0.5) is 0 Å². The van der Waals surface area contributed by atoms with Crippen LogP contribution in [-0.2, 0) is 4.84 Å². The van der Waals surface area contributed by atoms with E-state index in [0.717, 1.165) is 0 Å². The van der Waals surface area contributed by atoms with Crippen LogP contribution in [0, 0.1) is 4.91 Å². The molecule has 0 unspecified atom stereocenters. The van der Waals surface area contributed by atoms with Gasteiger partial charge in [-0.15, -0.1) is 4.91 Å². The lowest BCUT2D eigenvalue weighted by Gasteiger charge is -1.78. The van der Waals surface area contributed by atoms with E-state index in [1.165, 1.54) is 6.08 Å². The van der Waals surface area contributed by atoms with Crippen LogP contribution in [0.15, 0.2) is 18.0 Å². The Labute approximate surface area is 63.0 Å². The summed E-state index contributed by atoms with van der Waals surface area (Å²) in [4.78, 5) is 13.0. The number of rotatable bonds is 3. The first-order chi connectivity index (χ1) is 4.91. The topological polar surface area (TPSA) is 38.7 Å². The number of hydrogen-bond donors (Lipinski definition) is 0. The second-order valence-corrected chi connectivity index (χ2v) is 0.659. The van der Waals surface area contributed by atoms with E-state index in [4.69, 9.17) is 4.91 Å². The predicted molar refractivity (Wildman–Crippen MR) is 44.6 cm³/mol. The zero-order valence-electron chi connectivity index (χ0n) is 7.26. The van der Waals surface area contributed by atoms with E-state index in [2.05, 4.69) is 16.8 Å². The van der Waals surface area contributed by atoms with Gasteiger partial charge in [0, 0.05) is 0 Å². The number of nitrogens with zero attached hydrogens (tertiary/aromatic N) is 1. The molecule has 3 heteroatoms. The Morgan fingerprint density at radius 2 is 1.80 bits per heavy atom. The molecule has 0 saturated heterocycles. The third-order valence-corrected chi connectivity index (χ3v) is 0.245. The van der Waals surface area contributed by atoms with Crippen molar-refractivity contribution in [2.24, 2.45) is 5.34 Å². The Morgan fingerprint density at radius 3 is 1.90 bits per heavy atom. The molecule has 0 aliphatic rings. The fourth-order valence-corrected chi connectivity index (χ4v) is 0.0831. The molecule has 0 fully saturated rings. The molecule has 0 heterocycles. The standard InChI is InChI=1S/C3H5NO2.2C2H6/c1-2-3-6-4-5;2*1-2/h2H,1,3H2;2*1-2H3. The largest absolute Gasteiger partial charge is 0.360 e. The maximum atomic E-state index is 9.04. The van der Waals surface area contributed by atoms with Gasteiger partial charge in [0.1, 0.15) is 6.61 Å². The summed E-state index contributed by atoms with van der Waals surface area (Å²) in [6, 6.07) is 0. The van der Waals surface area contributed by atoms with Gasteiger partial charge < -0.3 is 4.84 Å². The molecule has 0 saturated carbocycles. The Morgan fingerprint density at radius 1 is 1.40 bits per heavy atom. The van der Waals surface area contributed by atoms with Gasteiger partial charge in [0.25, 0.3) is 0 Å². The molecule has 0 aromatic carbocycles. The average molecular weight is 147 g/mol. The van der Waals surface area contributed by atoms with Crippen molar-refractivity contribution in [1.29, 1.82) is 0 Å². The molecule has 0 atom stereocenters. The van der Waals surface area contributed by atoms with E-state index in [9.17, 15) is 0 Å². The van der Waals surface area contributed by atoms with Gasteiger partial charge in [-0.2, -0.15) is 0 Å². The van der Waals surface area contributed by atoms with E-state index in [0.29, 0.717) is 0 Å². The highest BCUT2D eigenvalue weighted by molar-refractivity contribution is 4.62. The monoisotopic (exact) mass is 147 g/mol. The van der Waals surface area contributed by atoms with Gasteiger partial charge in [-0.05, 0) is 0 Å². The van der Waals surface area contributed by atoms with E-state index in [1.54, 1.807) is 0 Å². The molecule has 0 N–H and O–H groups in total. The fraction of sp³-hybridized carbons (Fsp3) is 0.714. The van der Waals surface area contributed by atoms with Gasteiger partial charge in [0.2, 0.25) is 0 Å². The summed E-state index contributed by atoms with van der Waals surface area (Å²) >= 11 is 0. The summed E-state index contributed by atoms with van der Waals surface area (Å²) in [7, 11) is 0. The molecular formula is C7H17NO2. The van der Waals surface area contributed by atoms with Crippen LogP contribution in [-0.4, -0.2) is 6.61 Å². The van der Waals surface area contributed by atoms with Crippen molar-refractivity contribution >= 4 is 0 Å². The van der Waals surface area contributed by atoms with Crippen molar-refractivity contribution in [3.05, 3.63) is 17.6 Å². The van der Waals surface area contributed by atoms with Crippen molar-refractivity contribution in [2.75, 3.05) is 6.61 Å². The maximum Gasteiger partial charge on any atom is 0.155 e. The first-order valence-corrected chi connectivity index (χ1v) is 3.47. The SMILES string of the molecule is C=CCON=O.CC.CC. The zero-order valence-corrected chi connectivity index (χ0v) is 7.26. The predicted octanol–water partition coefficient (Wildman–Crippen LogP) is 2.92. The van der Waals surface area contributed by atoms with Crippen LogP contribution < -0.4 is 0 Å². The molecule has 0 aliphatic heterocycles. The summed E-state index contributed by atoms with van der Waals surface area (Å²) in [5, 5.41) is 2.10. The van der Waals surface area contributed by atoms with Gasteiger partial charge in [-0.1, -0.05) is 40.3 Å². The lowest BCUT2D eigenvalue weighted by molar-refractivity contribution is 0.170. The minimum Gasteiger partial charge on any atom is -0.360 e. The second-order valence-electron chi connectivity index (χ2n) is 0.659. The Bertz CT molecular complexity index is 47.6. The molecule has 0 rings (SSSR count). The van der Waals surface area contributed by atoms with Gasteiger partial charge in [0.05, 0.1) is 0 Å². The molecule has 10 heavy (non-hydrogen) atoms. The maximum absolute atomic E-state index is 9.04. The lowest BCUT2D eigenvalue weighted by Crippen LogP contribution is -1.75. The van der Waals surface area contributed by atoms with Crippen LogP contribution >= 0.6 is 0 Å². The summed E-state index contributed by atoms with van der Waals surface area (Å²) in [5.74, 6) is 0. The van der Waals surface area contributed by atoms with E-state index < -0.39 is 0 Å². The van der Waals surface area contributed by atoms with Gasteiger partial charge >= 0.3 is 0 Å². The molecule has 0 bridgehead atoms. The van der Waals surface area contributed by atoms with Crippen LogP contribution in [0.1, 0.15) is 27.7 Å². The summed E-state index contributed by atoms with van der Waals surface area (Å²) in [6.07, 6.45) is 1.45. The lowest BCUT2D eigenvalue weighted by atomic mass is 10.7. The highest BCUT2D eigenvalue weighted by Crippen LogP contribution is 1.70. The van der Waals surface area contributed by atoms with E-state index in [1.807, 2.05) is 27.7 Å². The molecular weight excluding hydrogens is 130 g/mol. The highest BCUT2D eigenvalue weighted by Gasteiger charge is 1.67. The van der Waals surface area contributed by atoms with Crippen molar-refractivity contribution < 1.29 is 4.84 Å². The minimum atomic E-state index is 0.198. The highest BCUT2D eigenvalue weighted by atomic mass is 16.7. The summed E-state index contributed by atoms with van der Waals surface area (Å²) in [6.45, 7) is 11.5. The van der Waals surface area contributed by atoms with Crippen molar-refractivity contribution in [3.63, 3.8) is 0 Å². The van der Waals surface area contributed by atoms with Crippen LogP contribution in [0.5, 0.6) is 0 Å². The van der Waals surface area contributed by atoms with E-state index in [-0.39, 0.29) is 6.61 Å². The van der Waals surface area contributed by atoms with Gasteiger partial charge in [0.15, 0.2) is 5.34 Å². The van der Waals surface area contributed by atoms with Crippen LogP contribution in [0.3, 0.4) is 0 Å². The second kappa shape index (κ2) is 42.1. The number of hydrogen-bond acceptors (Lipinski definition) is 3. The van der Waals surface area contributed by atoms with Crippen molar-refractivity contribution in [1.82, 2.24) is 0 Å². The molecule has 0 amide bonds.